The molecule has 21 heavy (non-hydrogen) atoms. The highest BCUT2D eigenvalue weighted by molar-refractivity contribution is 9.10. The lowest BCUT2D eigenvalue weighted by molar-refractivity contribution is -0.127. The van der Waals surface area contributed by atoms with Gasteiger partial charge in [0, 0.05) is 17.6 Å². The van der Waals surface area contributed by atoms with Crippen molar-refractivity contribution in [2.75, 3.05) is 25.4 Å². The fourth-order valence-corrected chi connectivity index (χ4v) is 4.04. The van der Waals surface area contributed by atoms with E-state index in [1.807, 2.05) is 0 Å². The Labute approximate surface area is 133 Å². The molecule has 0 spiro atoms. The van der Waals surface area contributed by atoms with Crippen molar-refractivity contribution in [3.8, 4) is 0 Å². The first-order valence-corrected chi connectivity index (χ1v) is 9.44. The molecular weight excluding hydrogens is 356 g/mol. The lowest BCUT2D eigenvalue weighted by Crippen LogP contribution is -2.35. The van der Waals surface area contributed by atoms with E-state index in [4.69, 9.17) is 5.73 Å². The fourth-order valence-electron chi connectivity index (χ4n) is 2.42. The van der Waals surface area contributed by atoms with E-state index < -0.39 is 15.6 Å². The minimum atomic E-state index is -3.45. The van der Waals surface area contributed by atoms with Crippen molar-refractivity contribution >= 4 is 31.7 Å². The van der Waals surface area contributed by atoms with Crippen molar-refractivity contribution in [2.45, 2.75) is 12.2 Å². The monoisotopic (exact) mass is 374 g/mol. The Kier molecular flexibility index (Phi) is 5.40. The van der Waals surface area contributed by atoms with E-state index in [1.165, 1.54) is 0 Å². The summed E-state index contributed by atoms with van der Waals surface area (Å²) in [6, 6.07) is 7.07. The molecule has 0 aliphatic carbocycles. The topological polar surface area (TPSA) is 80.5 Å². The zero-order chi connectivity index (χ0) is 15.5. The zero-order valence-corrected chi connectivity index (χ0v) is 14.1. The third kappa shape index (κ3) is 4.79. The van der Waals surface area contributed by atoms with Crippen LogP contribution in [0, 0.1) is 5.92 Å². The number of nitrogens with two attached hydrogens (primary N) is 1. The summed E-state index contributed by atoms with van der Waals surface area (Å²) in [7, 11) is -3.45. The molecule has 0 bridgehead atoms. The molecule has 0 radical (unpaired) electrons. The number of amides is 1. The van der Waals surface area contributed by atoms with E-state index >= 15 is 0 Å². The SMILES string of the molecule is NCC1CCN(C(=O)CS(=O)(=O)Cc2ccc(Br)cc2)C1. The minimum Gasteiger partial charge on any atom is -0.341 e. The number of sulfone groups is 1. The highest BCUT2D eigenvalue weighted by Gasteiger charge is 2.28. The van der Waals surface area contributed by atoms with Gasteiger partial charge in [0.25, 0.3) is 0 Å². The Balaban J connectivity index is 1.94. The van der Waals surface area contributed by atoms with Crippen LogP contribution in [0.5, 0.6) is 0 Å². The van der Waals surface area contributed by atoms with Gasteiger partial charge < -0.3 is 10.6 Å². The molecule has 1 amide bonds. The Morgan fingerprint density at radius 3 is 2.57 bits per heavy atom. The van der Waals surface area contributed by atoms with E-state index in [2.05, 4.69) is 15.9 Å². The van der Waals surface area contributed by atoms with Gasteiger partial charge in [-0.05, 0) is 36.6 Å². The van der Waals surface area contributed by atoms with Crippen molar-refractivity contribution in [2.24, 2.45) is 11.7 Å². The molecule has 0 saturated carbocycles. The van der Waals surface area contributed by atoms with Crippen molar-refractivity contribution in [1.29, 1.82) is 0 Å². The van der Waals surface area contributed by atoms with Crippen LogP contribution in [0.3, 0.4) is 0 Å². The van der Waals surface area contributed by atoms with E-state index in [9.17, 15) is 13.2 Å². The Morgan fingerprint density at radius 2 is 2.00 bits per heavy atom. The van der Waals surface area contributed by atoms with Gasteiger partial charge in [0.2, 0.25) is 5.91 Å². The molecule has 1 aromatic carbocycles. The third-order valence-electron chi connectivity index (χ3n) is 3.62. The second kappa shape index (κ2) is 6.89. The number of hydrogen-bond acceptors (Lipinski definition) is 4. The van der Waals surface area contributed by atoms with Crippen molar-refractivity contribution < 1.29 is 13.2 Å². The van der Waals surface area contributed by atoms with Gasteiger partial charge in [-0.2, -0.15) is 0 Å². The first-order chi connectivity index (χ1) is 9.89. The number of carbonyl (C=O) groups excluding carboxylic acids is 1. The van der Waals surface area contributed by atoms with Gasteiger partial charge >= 0.3 is 0 Å². The van der Waals surface area contributed by atoms with E-state index in [0.29, 0.717) is 31.1 Å². The molecule has 5 nitrogen and oxygen atoms in total. The number of benzene rings is 1. The maximum absolute atomic E-state index is 12.1. The van der Waals surface area contributed by atoms with E-state index in [0.717, 1.165) is 10.9 Å². The Morgan fingerprint density at radius 1 is 1.33 bits per heavy atom. The van der Waals surface area contributed by atoms with Crippen LogP contribution in [0.15, 0.2) is 28.7 Å². The predicted molar refractivity (Wildman–Crippen MR) is 85.4 cm³/mol. The summed E-state index contributed by atoms with van der Waals surface area (Å²) in [6.07, 6.45) is 0.856. The molecule has 1 unspecified atom stereocenters. The molecule has 1 heterocycles. The number of nitrogens with zero attached hydrogens (tertiary/aromatic N) is 1. The zero-order valence-electron chi connectivity index (χ0n) is 11.7. The summed E-state index contributed by atoms with van der Waals surface area (Å²) in [5.41, 5.74) is 6.27. The molecule has 1 atom stereocenters. The molecule has 2 rings (SSSR count). The maximum atomic E-state index is 12.1. The van der Waals surface area contributed by atoms with E-state index in [1.54, 1.807) is 29.2 Å². The standard InChI is InChI=1S/C14H19BrN2O3S/c15-13-3-1-11(2-4-13)9-21(19,20)10-14(18)17-6-5-12(7-16)8-17/h1-4,12H,5-10,16H2. The lowest BCUT2D eigenvalue weighted by Gasteiger charge is -2.16. The van der Waals surface area contributed by atoms with Crippen LogP contribution in [0.4, 0.5) is 0 Å². The van der Waals surface area contributed by atoms with Gasteiger partial charge in [-0.15, -0.1) is 0 Å². The van der Waals surface area contributed by atoms with Crippen LogP contribution in [-0.4, -0.2) is 44.6 Å². The van der Waals surface area contributed by atoms with Crippen LogP contribution < -0.4 is 5.73 Å². The highest BCUT2D eigenvalue weighted by atomic mass is 79.9. The van der Waals surface area contributed by atoms with Gasteiger partial charge in [0.05, 0.1) is 5.75 Å². The van der Waals surface area contributed by atoms with Gasteiger partial charge in [0.15, 0.2) is 9.84 Å². The average Bonchev–Trinajstić information content (AvgIpc) is 2.89. The molecule has 2 N–H and O–H groups in total. The van der Waals surface area contributed by atoms with E-state index in [-0.39, 0.29) is 11.7 Å². The molecule has 1 saturated heterocycles. The summed E-state index contributed by atoms with van der Waals surface area (Å²) in [6.45, 7) is 1.72. The van der Waals surface area contributed by atoms with Crippen molar-refractivity contribution in [1.82, 2.24) is 4.90 Å². The normalized spacial score (nSPS) is 19.0. The van der Waals surface area contributed by atoms with Gasteiger partial charge in [-0.1, -0.05) is 28.1 Å². The molecule has 1 aliphatic rings. The fraction of sp³-hybridized carbons (Fsp3) is 0.500. The van der Waals surface area contributed by atoms with Crippen molar-refractivity contribution in [3.05, 3.63) is 34.3 Å². The molecule has 1 aliphatic heterocycles. The van der Waals surface area contributed by atoms with Gasteiger partial charge in [-0.3, -0.25) is 4.79 Å². The summed E-state index contributed by atoms with van der Waals surface area (Å²) >= 11 is 3.30. The summed E-state index contributed by atoms with van der Waals surface area (Å²) in [5, 5.41) is 0. The van der Waals surface area contributed by atoms with Gasteiger partial charge in [-0.25, -0.2) is 8.42 Å². The number of carbonyl (C=O) groups is 1. The molecular formula is C14H19BrN2O3S. The second-order valence-electron chi connectivity index (χ2n) is 5.39. The minimum absolute atomic E-state index is 0.111. The number of rotatable bonds is 5. The molecule has 1 fully saturated rings. The van der Waals surface area contributed by atoms with Crippen LogP contribution in [0.25, 0.3) is 0 Å². The molecule has 7 heteroatoms. The Hall–Kier alpha value is -0.920. The number of halogens is 1. The average molecular weight is 375 g/mol. The van der Waals surface area contributed by atoms with Gasteiger partial charge in [0.1, 0.15) is 5.75 Å². The second-order valence-corrected chi connectivity index (χ2v) is 8.37. The maximum Gasteiger partial charge on any atom is 0.237 e. The predicted octanol–water partition coefficient (Wildman–Crippen LogP) is 1.17. The molecule has 1 aromatic rings. The van der Waals surface area contributed by atoms with Crippen LogP contribution in [0.1, 0.15) is 12.0 Å². The first kappa shape index (κ1) is 16.5. The quantitative estimate of drug-likeness (QED) is 0.838. The van der Waals surface area contributed by atoms with Crippen molar-refractivity contribution in [3.63, 3.8) is 0 Å². The first-order valence-electron chi connectivity index (χ1n) is 6.82. The molecule has 0 aromatic heterocycles. The summed E-state index contributed by atoms with van der Waals surface area (Å²) < 4.78 is 25.1. The lowest BCUT2D eigenvalue weighted by atomic mass is 10.1. The smallest absolute Gasteiger partial charge is 0.237 e. The summed E-state index contributed by atoms with van der Waals surface area (Å²) in [4.78, 5) is 13.7. The van der Waals surface area contributed by atoms with Crippen LogP contribution in [0.2, 0.25) is 0 Å². The van der Waals surface area contributed by atoms with Crippen LogP contribution in [-0.2, 0) is 20.4 Å². The Bertz CT molecular complexity index is 601. The van der Waals surface area contributed by atoms with Crippen LogP contribution >= 0.6 is 15.9 Å². The third-order valence-corrected chi connectivity index (χ3v) is 5.60. The molecule has 116 valence electrons. The number of likely N-dealkylation sites (tertiary alicyclic amines) is 1. The number of hydrogen-bond donors (Lipinski definition) is 1. The summed E-state index contributed by atoms with van der Waals surface area (Å²) in [5.74, 6) is -0.563. The highest BCUT2D eigenvalue weighted by Crippen LogP contribution is 2.17. The largest absolute Gasteiger partial charge is 0.341 e.